The summed E-state index contributed by atoms with van der Waals surface area (Å²) in [6.45, 7) is 6.59. The molecule has 0 saturated carbocycles. The Kier molecular flexibility index (Phi) is 4.01. The Bertz CT molecular complexity index is 588. The number of benzene rings is 2. The van der Waals surface area contributed by atoms with Gasteiger partial charge in [-0.2, -0.15) is 0 Å². The molecule has 0 heterocycles. The first-order valence-electron chi connectivity index (χ1n) is 6.22. The molecule has 2 aromatic rings. The Morgan fingerprint density at radius 2 is 1.74 bits per heavy atom. The third-order valence-corrected chi connectivity index (χ3v) is 3.67. The second kappa shape index (κ2) is 5.54. The lowest BCUT2D eigenvalue weighted by atomic mass is 10.1. The molecular formula is C16H18ClNO. The van der Waals surface area contributed by atoms with Crippen LogP contribution in [-0.4, -0.2) is 0 Å². The summed E-state index contributed by atoms with van der Waals surface area (Å²) < 4.78 is 5.86. The zero-order valence-electron chi connectivity index (χ0n) is 11.5. The Hall–Kier alpha value is -1.67. The average Bonchev–Trinajstić information content (AvgIpc) is 2.34. The van der Waals surface area contributed by atoms with Gasteiger partial charge in [0.05, 0.1) is 0 Å². The van der Waals surface area contributed by atoms with Gasteiger partial charge in [-0.15, -0.1) is 0 Å². The maximum atomic E-state index is 6.13. The molecule has 0 unspecified atom stereocenters. The summed E-state index contributed by atoms with van der Waals surface area (Å²) in [7, 11) is 0. The highest BCUT2D eigenvalue weighted by molar-refractivity contribution is 6.31. The van der Waals surface area contributed by atoms with Crippen LogP contribution in [0.4, 0.5) is 5.69 Å². The number of rotatable bonds is 3. The van der Waals surface area contributed by atoms with Gasteiger partial charge in [-0.1, -0.05) is 23.7 Å². The van der Waals surface area contributed by atoms with Gasteiger partial charge in [0.1, 0.15) is 12.4 Å². The van der Waals surface area contributed by atoms with Gasteiger partial charge < -0.3 is 10.5 Å². The minimum absolute atomic E-state index is 0.384. The van der Waals surface area contributed by atoms with E-state index in [9.17, 15) is 0 Å². The predicted molar refractivity (Wildman–Crippen MR) is 80.8 cm³/mol. The molecule has 0 radical (unpaired) electrons. The second-order valence-corrected chi connectivity index (χ2v) is 5.21. The maximum Gasteiger partial charge on any atom is 0.123 e. The van der Waals surface area contributed by atoms with Gasteiger partial charge in [0.2, 0.25) is 0 Å². The number of nitrogens with two attached hydrogens (primary N) is 1. The van der Waals surface area contributed by atoms with E-state index in [0.717, 1.165) is 16.9 Å². The van der Waals surface area contributed by atoms with Crippen LogP contribution in [0.2, 0.25) is 5.02 Å². The Balaban J connectivity index is 2.22. The van der Waals surface area contributed by atoms with Gasteiger partial charge >= 0.3 is 0 Å². The van der Waals surface area contributed by atoms with E-state index in [4.69, 9.17) is 22.1 Å². The first-order valence-corrected chi connectivity index (χ1v) is 6.60. The third-order valence-electron chi connectivity index (χ3n) is 3.32. The van der Waals surface area contributed by atoms with Gasteiger partial charge in [-0.25, -0.2) is 0 Å². The Labute approximate surface area is 119 Å². The highest BCUT2D eigenvalue weighted by Gasteiger charge is 2.07. The molecule has 0 atom stereocenters. The van der Waals surface area contributed by atoms with Crippen LogP contribution >= 0.6 is 11.6 Å². The zero-order chi connectivity index (χ0) is 14.0. The van der Waals surface area contributed by atoms with Crippen molar-refractivity contribution in [2.45, 2.75) is 27.4 Å². The van der Waals surface area contributed by atoms with Crippen LogP contribution in [-0.2, 0) is 6.61 Å². The van der Waals surface area contributed by atoms with Gasteiger partial charge in [0.15, 0.2) is 0 Å². The predicted octanol–water partition coefficient (Wildman–Crippen LogP) is 4.43. The quantitative estimate of drug-likeness (QED) is 0.841. The normalized spacial score (nSPS) is 10.5. The van der Waals surface area contributed by atoms with E-state index >= 15 is 0 Å². The van der Waals surface area contributed by atoms with E-state index in [1.807, 2.05) is 25.1 Å². The highest BCUT2D eigenvalue weighted by atomic mass is 35.5. The molecule has 0 bridgehead atoms. The zero-order valence-corrected chi connectivity index (χ0v) is 12.2. The molecule has 0 aliphatic carbocycles. The monoisotopic (exact) mass is 275 g/mol. The first kappa shape index (κ1) is 13.8. The van der Waals surface area contributed by atoms with Crippen molar-refractivity contribution in [3.8, 4) is 5.75 Å². The van der Waals surface area contributed by atoms with Crippen molar-refractivity contribution in [1.29, 1.82) is 0 Å². The van der Waals surface area contributed by atoms with Crippen LogP contribution < -0.4 is 10.5 Å². The molecule has 0 spiro atoms. The number of ether oxygens (including phenoxy) is 1. The maximum absolute atomic E-state index is 6.13. The lowest BCUT2D eigenvalue weighted by Gasteiger charge is -2.13. The van der Waals surface area contributed by atoms with E-state index < -0.39 is 0 Å². The number of hydrogen-bond donors (Lipinski definition) is 1. The smallest absolute Gasteiger partial charge is 0.123 e. The summed E-state index contributed by atoms with van der Waals surface area (Å²) in [5.41, 5.74) is 11.0. The van der Waals surface area contributed by atoms with Crippen molar-refractivity contribution < 1.29 is 4.74 Å². The van der Waals surface area contributed by atoms with E-state index in [2.05, 4.69) is 26.0 Å². The molecule has 0 amide bonds. The molecule has 2 nitrogen and oxygen atoms in total. The first-order chi connectivity index (χ1) is 8.99. The Morgan fingerprint density at radius 1 is 1.05 bits per heavy atom. The molecule has 0 aromatic heterocycles. The summed E-state index contributed by atoms with van der Waals surface area (Å²) in [6.07, 6.45) is 0. The van der Waals surface area contributed by atoms with E-state index in [-0.39, 0.29) is 0 Å². The van der Waals surface area contributed by atoms with Gasteiger partial charge in [0.25, 0.3) is 0 Å². The van der Waals surface area contributed by atoms with Crippen molar-refractivity contribution in [3.63, 3.8) is 0 Å². The molecule has 3 heteroatoms. The fourth-order valence-corrected chi connectivity index (χ4v) is 2.20. The number of aryl methyl sites for hydroxylation is 3. The van der Waals surface area contributed by atoms with Crippen molar-refractivity contribution in [3.05, 3.63) is 57.6 Å². The standard InChI is InChI=1S/C16H18ClNO/c1-10-7-12(3)16(8-11(10)2)19-9-13-14(17)5-4-6-15(13)18/h4-8H,9,18H2,1-3H3. The summed E-state index contributed by atoms with van der Waals surface area (Å²) in [5, 5.41) is 0.640. The molecule has 100 valence electrons. The number of anilines is 1. The van der Waals surface area contributed by atoms with Gasteiger partial charge in [0, 0.05) is 16.3 Å². The molecule has 0 fully saturated rings. The van der Waals surface area contributed by atoms with Crippen molar-refractivity contribution in [1.82, 2.24) is 0 Å². The summed E-state index contributed by atoms with van der Waals surface area (Å²) in [4.78, 5) is 0. The summed E-state index contributed by atoms with van der Waals surface area (Å²) in [6, 6.07) is 9.67. The van der Waals surface area contributed by atoms with Crippen LogP contribution in [0, 0.1) is 20.8 Å². The summed E-state index contributed by atoms with van der Waals surface area (Å²) in [5.74, 6) is 0.877. The number of halogens is 1. The van der Waals surface area contributed by atoms with Crippen LogP contribution in [0.25, 0.3) is 0 Å². The molecule has 19 heavy (non-hydrogen) atoms. The van der Waals surface area contributed by atoms with Crippen LogP contribution in [0.1, 0.15) is 22.3 Å². The third kappa shape index (κ3) is 3.02. The molecule has 2 aromatic carbocycles. The number of hydrogen-bond acceptors (Lipinski definition) is 2. The number of nitrogen functional groups attached to an aromatic ring is 1. The largest absolute Gasteiger partial charge is 0.488 e. The highest BCUT2D eigenvalue weighted by Crippen LogP contribution is 2.27. The van der Waals surface area contributed by atoms with Crippen molar-refractivity contribution >= 4 is 17.3 Å². The van der Waals surface area contributed by atoms with E-state index in [1.54, 1.807) is 0 Å². The molecule has 0 aliphatic rings. The topological polar surface area (TPSA) is 35.2 Å². The Morgan fingerprint density at radius 3 is 2.42 bits per heavy atom. The minimum Gasteiger partial charge on any atom is -0.488 e. The van der Waals surface area contributed by atoms with Crippen LogP contribution in [0.3, 0.4) is 0 Å². The van der Waals surface area contributed by atoms with Crippen molar-refractivity contribution in [2.75, 3.05) is 5.73 Å². The van der Waals surface area contributed by atoms with Gasteiger partial charge in [-0.3, -0.25) is 0 Å². The fraction of sp³-hybridized carbons (Fsp3) is 0.250. The average molecular weight is 276 g/mol. The molecule has 0 saturated heterocycles. The molecular weight excluding hydrogens is 258 g/mol. The summed E-state index contributed by atoms with van der Waals surface area (Å²) >= 11 is 6.13. The van der Waals surface area contributed by atoms with E-state index in [0.29, 0.717) is 17.3 Å². The van der Waals surface area contributed by atoms with Crippen molar-refractivity contribution in [2.24, 2.45) is 0 Å². The lowest BCUT2D eigenvalue weighted by Crippen LogP contribution is -2.02. The molecule has 2 N–H and O–H groups in total. The van der Waals surface area contributed by atoms with Crippen LogP contribution in [0.5, 0.6) is 5.75 Å². The SMILES string of the molecule is Cc1cc(C)c(OCc2c(N)cccc2Cl)cc1C. The minimum atomic E-state index is 0.384. The molecule has 0 aliphatic heterocycles. The lowest BCUT2D eigenvalue weighted by molar-refractivity contribution is 0.304. The molecule has 2 rings (SSSR count). The fourth-order valence-electron chi connectivity index (χ4n) is 1.97. The van der Waals surface area contributed by atoms with Gasteiger partial charge in [-0.05, 0) is 55.7 Å². The van der Waals surface area contributed by atoms with Crippen LogP contribution in [0.15, 0.2) is 30.3 Å². The van der Waals surface area contributed by atoms with E-state index in [1.165, 1.54) is 11.1 Å². The second-order valence-electron chi connectivity index (χ2n) is 4.80.